The standard InChI is InChI=1S/C12H15BrFNO4S/c1-3-15(7-6-12(16)19-2)20(17,18)11-5-4-9(13)8-10(11)14/h4-5,8H,3,6-7H2,1-2H3. The number of sulfonamides is 1. The molecule has 0 aliphatic carbocycles. The van der Waals surface area contributed by atoms with Gasteiger partial charge >= 0.3 is 5.97 Å². The highest BCUT2D eigenvalue weighted by atomic mass is 79.9. The number of halogens is 2. The summed E-state index contributed by atoms with van der Waals surface area (Å²) in [6.45, 7) is 1.70. The molecule has 0 fully saturated rings. The van der Waals surface area contributed by atoms with Gasteiger partial charge in [-0.1, -0.05) is 22.9 Å². The van der Waals surface area contributed by atoms with Crippen LogP contribution in [0.15, 0.2) is 27.6 Å². The van der Waals surface area contributed by atoms with E-state index >= 15 is 0 Å². The quantitative estimate of drug-likeness (QED) is 0.722. The van der Waals surface area contributed by atoms with Gasteiger partial charge in [-0.15, -0.1) is 0 Å². The Kier molecular flexibility index (Phi) is 6.09. The number of ether oxygens (including phenoxy) is 1. The Bertz CT molecular complexity index is 591. The molecule has 1 rings (SSSR count). The fraction of sp³-hybridized carbons (Fsp3) is 0.417. The molecule has 5 nitrogen and oxygen atoms in total. The number of hydrogen-bond donors (Lipinski definition) is 0. The van der Waals surface area contributed by atoms with E-state index in [1.165, 1.54) is 19.2 Å². The fourth-order valence-electron chi connectivity index (χ4n) is 1.59. The van der Waals surface area contributed by atoms with Crippen molar-refractivity contribution in [2.75, 3.05) is 20.2 Å². The molecular weight excluding hydrogens is 353 g/mol. The highest BCUT2D eigenvalue weighted by molar-refractivity contribution is 9.10. The largest absolute Gasteiger partial charge is 0.469 e. The second kappa shape index (κ2) is 7.14. The molecule has 0 unspecified atom stereocenters. The molecule has 0 bridgehead atoms. The minimum atomic E-state index is -3.97. The Labute approximate surface area is 125 Å². The van der Waals surface area contributed by atoms with Gasteiger partial charge < -0.3 is 4.74 Å². The zero-order chi connectivity index (χ0) is 15.3. The van der Waals surface area contributed by atoms with Crippen molar-refractivity contribution < 1.29 is 22.3 Å². The molecule has 20 heavy (non-hydrogen) atoms. The summed E-state index contributed by atoms with van der Waals surface area (Å²) < 4.78 is 44.4. The van der Waals surface area contributed by atoms with Gasteiger partial charge in [0.1, 0.15) is 10.7 Å². The Morgan fingerprint density at radius 2 is 2.10 bits per heavy atom. The number of carbonyl (C=O) groups excluding carboxylic acids is 1. The zero-order valence-electron chi connectivity index (χ0n) is 11.1. The van der Waals surface area contributed by atoms with E-state index in [-0.39, 0.29) is 19.5 Å². The first-order valence-corrected chi connectivity index (χ1v) is 8.08. The first-order valence-electron chi connectivity index (χ1n) is 5.85. The van der Waals surface area contributed by atoms with Crippen LogP contribution in [0, 0.1) is 5.82 Å². The SMILES string of the molecule is CCN(CCC(=O)OC)S(=O)(=O)c1ccc(Br)cc1F. The van der Waals surface area contributed by atoms with Crippen LogP contribution in [-0.2, 0) is 19.6 Å². The first kappa shape index (κ1) is 17.1. The molecule has 1 aromatic carbocycles. The number of rotatable bonds is 6. The molecule has 0 aliphatic heterocycles. The van der Waals surface area contributed by atoms with Gasteiger partial charge in [-0.25, -0.2) is 12.8 Å². The predicted molar refractivity (Wildman–Crippen MR) is 75.2 cm³/mol. The van der Waals surface area contributed by atoms with Gasteiger partial charge in [0.05, 0.1) is 13.5 Å². The van der Waals surface area contributed by atoms with E-state index in [1.54, 1.807) is 6.92 Å². The fourth-order valence-corrected chi connectivity index (χ4v) is 3.42. The van der Waals surface area contributed by atoms with Crippen molar-refractivity contribution in [3.8, 4) is 0 Å². The highest BCUT2D eigenvalue weighted by Gasteiger charge is 2.26. The molecule has 112 valence electrons. The van der Waals surface area contributed by atoms with Crippen molar-refractivity contribution in [2.24, 2.45) is 0 Å². The molecule has 0 aromatic heterocycles. The van der Waals surface area contributed by atoms with Gasteiger partial charge in [-0.3, -0.25) is 4.79 Å². The Balaban J connectivity index is 3.02. The third-order valence-corrected chi connectivity index (χ3v) is 5.16. The molecular formula is C12H15BrFNO4S. The van der Waals surface area contributed by atoms with E-state index in [2.05, 4.69) is 20.7 Å². The summed E-state index contributed by atoms with van der Waals surface area (Å²) >= 11 is 3.07. The number of hydrogen-bond acceptors (Lipinski definition) is 4. The van der Waals surface area contributed by atoms with E-state index in [4.69, 9.17) is 0 Å². The van der Waals surface area contributed by atoms with Crippen LogP contribution in [0.3, 0.4) is 0 Å². The summed E-state index contributed by atoms with van der Waals surface area (Å²) in [5.41, 5.74) is 0. The van der Waals surface area contributed by atoms with Gasteiger partial charge in [0.25, 0.3) is 0 Å². The molecule has 1 aromatic rings. The van der Waals surface area contributed by atoms with Crippen LogP contribution >= 0.6 is 15.9 Å². The van der Waals surface area contributed by atoms with E-state index in [0.29, 0.717) is 4.47 Å². The maximum atomic E-state index is 13.8. The normalized spacial score (nSPS) is 11.7. The third kappa shape index (κ3) is 4.00. The number of methoxy groups -OCH3 is 1. The lowest BCUT2D eigenvalue weighted by Gasteiger charge is -2.20. The number of esters is 1. The second-order valence-electron chi connectivity index (χ2n) is 3.90. The first-order chi connectivity index (χ1) is 9.32. The number of benzene rings is 1. The minimum absolute atomic E-state index is 0.0546. The van der Waals surface area contributed by atoms with Crippen molar-refractivity contribution in [1.82, 2.24) is 4.31 Å². The van der Waals surface area contributed by atoms with E-state index in [9.17, 15) is 17.6 Å². The molecule has 0 heterocycles. The summed E-state index contributed by atoms with van der Waals surface area (Å²) in [5.74, 6) is -1.36. The number of nitrogens with zero attached hydrogens (tertiary/aromatic N) is 1. The third-order valence-electron chi connectivity index (χ3n) is 2.66. The van der Waals surface area contributed by atoms with Crippen molar-refractivity contribution in [1.29, 1.82) is 0 Å². The van der Waals surface area contributed by atoms with Crippen LogP contribution in [0.2, 0.25) is 0 Å². The Hall–Kier alpha value is -0.990. The lowest BCUT2D eigenvalue weighted by molar-refractivity contribution is -0.140. The summed E-state index contributed by atoms with van der Waals surface area (Å²) in [5, 5.41) is 0. The van der Waals surface area contributed by atoms with Crippen molar-refractivity contribution in [2.45, 2.75) is 18.2 Å². The molecule has 0 saturated heterocycles. The summed E-state index contributed by atoms with van der Waals surface area (Å²) in [7, 11) is -2.75. The average Bonchev–Trinajstić information content (AvgIpc) is 2.38. The lowest BCUT2D eigenvalue weighted by Crippen LogP contribution is -2.33. The predicted octanol–water partition coefficient (Wildman–Crippen LogP) is 2.16. The van der Waals surface area contributed by atoms with E-state index in [1.807, 2.05) is 0 Å². The van der Waals surface area contributed by atoms with Crippen LogP contribution in [0.1, 0.15) is 13.3 Å². The molecule has 0 amide bonds. The zero-order valence-corrected chi connectivity index (χ0v) is 13.5. The van der Waals surface area contributed by atoms with Crippen LogP contribution in [0.25, 0.3) is 0 Å². The van der Waals surface area contributed by atoms with Gasteiger partial charge in [0.15, 0.2) is 0 Å². The van der Waals surface area contributed by atoms with Gasteiger partial charge in [-0.05, 0) is 18.2 Å². The summed E-state index contributed by atoms with van der Waals surface area (Å²) in [6, 6.07) is 3.72. The maximum Gasteiger partial charge on any atom is 0.306 e. The summed E-state index contributed by atoms with van der Waals surface area (Å²) in [4.78, 5) is 10.7. The van der Waals surface area contributed by atoms with E-state index in [0.717, 1.165) is 10.4 Å². The van der Waals surface area contributed by atoms with Crippen LogP contribution < -0.4 is 0 Å². The Morgan fingerprint density at radius 3 is 2.60 bits per heavy atom. The van der Waals surface area contributed by atoms with Crippen molar-refractivity contribution in [3.05, 3.63) is 28.5 Å². The topological polar surface area (TPSA) is 63.7 Å². The van der Waals surface area contributed by atoms with E-state index < -0.39 is 26.7 Å². The van der Waals surface area contributed by atoms with Crippen molar-refractivity contribution >= 4 is 31.9 Å². The van der Waals surface area contributed by atoms with Gasteiger partial charge in [0, 0.05) is 17.6 Å². The van der Waals surface area contributed by atoms with Crippen LogP contribution in [0.4, 0.5) is 4.39 Å². The molecule has 0 aliphatic rings. The molecule has 0 spiro atoms. The van der Waals surface area contributed by atoms with Crippen molar-refractivity contribution in [3.63, 3.8) is 0 Å². The molecule has 8 heteroatoms. The second-order valence-corrected chi connectivity index (χ2v) is 6.72. The molecule has 0 saturated carbocycles. The molecule has 0 radical (unpaired) electrons. The monoisotopic (exact) mass is 367 g/mol. The van der Waals surface area contributed by atoms with Crippen LogP contribution in [-0.4, -0.2) is 38.9 Å². The lowest BCUT2D eigenvalue weighted by atomic mass is 10.3. The average molecular weight is 368 g/mol. The Morgan fingerprint density at radius 1 is 1.45 bits per heavy atom. The minimum Gasteiger partial charge on any atom is -0.469 e. The summed E-state index contributed by atoms with van der Waals surface area (Å²) in [6.07, 6.45) is -0.0816. The van der Waals surface area contributed by atoms with Crippen LogP contribution in [0.5, 0.6) is 0 Å². The maximum absolute atomic E-state index is 13.8. The van der Waals surface area contributed by atoms with Gasteiger partial charge in [-0.2, -0.15) is 4.31 Å². The van der Waals surface area contributed by atoms with Gasteiger partial charge in [0.2, 0.25) is 10.0 Å². The number of carbonyl (C=O) groups is 1. The highest BCUT2D eigenvalue weighted by Crippen LogP contribution is 2.22. The molecule has 0 atom stereocenters. The smallest absolute Gasteiger partial charge is 0.306 e. The molecule has 0 N–H and O–H groups in total.